The van der Waals surface area contributed by atoms with Crippen LogP contribution in [0.25, 0.3) is 0 Å². The molecule has 0 saturated heterocycles. The Bertz CT molecular complexity index is 1120. The van der Waals surface area contributed by atoms with Crippen molar-refractivity contribution in [1.82, 2.24) is 4.90 Å². The van der Waals surface area contributed by atoms with E-state index in [4.69, 9.17) is 11.6 Å². The van der Waals surface area contributed by atoms with Gasteiger partial charge in [0.25, 0.3) is 17.7 Å². The van der Waals surface area contributed by atoms with Crippen LogP contribution in [0.15, 0.2) is 53.2 Å². The minimum atomic E-state index is -0.446. The highest BCUT2D eigenvalue weighted by molar-refractivity contribution is 6.48. The first kappa shape index (κ1) is 23.1. The lowest BCUT2D eigenvalue weighted by Crippen LogP contribution is -2.42. The lowest BCUT2D eigenvalue weighted by molar-refractivity contribution is -0.140. The number of aryl methyl sites for hydroxylation is 2. The van der Waals surface area contributed by atoms with Crippen molar-refractivity contribution in [1.29, 1.82) is 0 Å². The Morgan fingerprint density at radius 1 is 1.03 bits per heavy atom. The molecule has 1 saturated carbocycles. The Labute approximate surface area is 199 Å². The summed E-state index contributed by atoms with van der Waals surface area (Å²) < 4.78 is 0. The van der Waals surface area contributed by atoms with Crippen molar-refractivity contribution in [3.8, 4) is 0 Å². The predicted octanol–water partition coefficient (Wildman–Crippen LogP) is 5.37. The summed E-state index contributed by atoms with van der Waals surface area (Å²) in [6, 6.07) is 12.8. The van der Waals surface area contributed by atoms with E-state index in [1.54, 1.807) is 18.2 Å². The van der Waals surface area contributed by atoms with Crippen LogP contribution in [-0.2, 0) is 16.0 Å². The summed E-state index contributed by atoms with van der Waals surface area (Å²) in [4.78, 5) is 39.9. The van der Waals surface area contributed by atoms with Crippen LogP contribution >= 0.6 is 11.6 Å². The first-order valence-electron chi connectivity index (χ1n) is 11.4. The number of nitrogens with zero attached hydrogens (tertiary/aromatic N) is 1. The molecule has 2 aromatic rings. The number of imide groups is 1. The van der Waals surface area contributed by atoms with Crippen LogP contribution in [0.2, 0.25) is 0 Å². The molecule has 1 aliphatic carbocycles. The molecule has 2 N–H and O–H groups in total. The van der Waals surface area contributed by atoms with E-state index in [2.05, 4.69) is 17.6 Å². The number of benzene rings is 2. The van der Waals surface area contributed by atoms with Crippen LogP contribution in [0.3, 0.4) is 0 Å². The molecule has 0 bridgehead atoms. The van der Waals surface area contributed by atoms with E-state index < -0.39 is 11.8 Å². The fourth-order valence-corrected chi connectivity index (χ4v) is 4.58. The smallest absolute Gasteiger partial charge is 0.279 e. The summed E-state index contributed by atoms with van der Waals surface area (Å²) in [6.45, 7) is 3.94. The van der Waals surface area contributed by atoms with Gasteiger partial charge in [-0.05, 0) is 61.6 Å². The maximum atomic E-state index is 13.1. The first-order valence-corrected chi connectivity index (χ1v) is 11.8. The van der Waals surface area contributed by atoms with Gasteiger partial charge in [-0.2, -0.15) is 0 Å². The molecule has 1 fully saturated rings. The summed E-state index contributed by atoms with van der Waals surface area (Å²) in [5.74, 6) is -1.11. The molecule has 1 heterocycles. The van der Waals surface area contributed by atoms with Gasteiger partial charge in [-0.3, -0.25) is 19.3 Å². The zero-order chi connectivity index (χ0) is 23.5. The lowest BCUT2D eigenvalue weighted by Gasteiger charge is -2.29. The molecule has 0 radical (unpaired) electrons. The molecule has 33 heavy (non-hydrogen) atoms. The monoisotopic (exact) mass is 465 g/mol. The second-order valence-corrected chi connectivity index (χ2v) is 9.00. The van der Waals surface area contributed by atoms with Crippen molar-refractivity contribution in [2.24, 2.45) is 0 Å². The Morgan fingerprint density at radius 3 is 2.39 bits per heavy atom. The van der Waals surface area contributed by atoms with Crippen LogP contribution in [0.1, 0.15) is 60.5 Å². The number of hydrogen-bond donors (Lipinski definition) is 2. The van der Waals surface area contributed by atoms with Gasteiger partial charge in [0.1, 0.15) is 10.7 Å². The van der Waals surface area contributed by atoms with Gasteiger partial charge in [-0.1, -0.05) is 56.0 Å². The van der Waals surface area contributed by atoms with E-state index >= 15 is 0 Å². The normalized spacial score (nSPS) is 17.0. The van der Waals surface area contributed by atoms with E-state index in [9.17, 15) is 14.4 Å². The van der Waals surface area contributed by atoms with Gasteiger partial charge in [-0.15, -0.1) is 0 Å². The number of rotatable bonds is 6. The lowest BCUT2D eigenvalue weighted by atomic mass is 9.94. The number of hydrogen-bond acceptors (Lipinski definition) is 4. The number of anilines is 2. The minimum absolute atomic E-state index is 0.0723. The molecule has 172 valence electrons. The average Bonchev–Trinajstić information content (AvgIpc) is 3.04. The molecule has 6 nitrogen and oxygen atoms in total. The summed E-state index contributed by atoms with van der Waals surface area (Å²) in [7, 11) is 0. The summed E-state index contributed by atoms with van der Waals surface area (Å²) in [6.07, 6.45) is 5.67. The number of halogens is 1. The molecule has 4 rings (SSSR count). The van der Waals surface area contributed by atoms with Gasteiger partial charge >= 0.3 is 0 Å². The third kappa shape index (κ3) is 4.81. The molecular formula is C26H28ClN3O3. The van der Waals surface area contributed by atoms with Gasteiger partial charge in [-0.25, -0.2) is 0 Å². The molecule has 2 aliphatic rings. The van der Waals surface area contributed by atoms with Crippen molar-refractivity contribution in [2.75, 3.05) is 10.6 Å². The number of amides is 3. The highest BCUT2D eigenvalue weighted by Gasteiger charge is 2.42. The third-order valence-corrected chi connectivity index (χ3v) is 6.73. The van der Waals surface area contributed by atoms with Gasteiger partial charge in [0.2, 0.25) is 0 Å². The zero-order valence-electron chi connectivity index (χ0n) is 18.9. The number of nitrogens with one attached hydrogen (secondary N) is 2. The Hall–Kier alpha value is -3.12. The van der Waals surface area contributed by atoms with Crippen LogP contribution < -0.4 is 10.6 Å². The molecule has 3 amide bonds. The second-order valence-electron chi connectivity index (χ2n) is 8.62. The van der Waals surface area contributed by atoms with Gasteiger partial charge in [0.05, 0.1) is 0 Å². The molecule has 1 aliphatic heterocycles. The zero-order valence-corrected chi connectivity index (χ0v) is 19.7. The van der Waals surface area contributed by atoms with Crippen molar-refractivity contribution >= 4 is 40.7 Å². The van der Waals surface area contributed by atoms with Crippen molar-refractivity contribution in [2.45, 2.75) is 58.4 Å². The standard InChI is InChI=1S/C26H28ClN3O3/c1-3-17-10-13-19(14-11-17)28-24(31)18-12-9-16(2)21(15-18)29-23-22(27)25(32)30(26(23)33)20-7-5-4-6-8-20/h9-15,20,29H,3-8H2,1-2H3,(H,28,31). The van der Waals surface area contributed by atoms with Gasteiger partial charge in [0, 0.05) is 23.0 Å². The average molecular weight is 466 g/mol. The number of carbonyl (C=O) groups excluding carboxylic acids is 3. The quantitative estimate of drug-likeness (QED) is 0.562. The van der Waals surface area contributed by atoms with Crippen LogP contribution in [0.5, 0.6) is 0 Å². The summed E-state index contributed by atoms with van der Waals surface area (Å²) in [5, 5.41) is 5.83. The summed E-state index contributed by atoms with van der Waals surface area (Å²) >= 11 is 6.30. The molecule has 0 spiro atoms. The molecule has 0 aromatic heterocycles. The second kappa shape index (κ2) is 9.79. The predicted molar refractivity (Wildman–Crippen MR) is 130 cm³/mol. The first-order chi connectivity index (χ1) is 15.9. The van der Waals surface area contributed by atoms with Crippen molar-refractivity contribution < 1.29 is 14.4 Å². The molecule has 7 heteroatoms. The maximum Gasteiger partial charge on any atom is 0.279 e. The third-order valence-electron chi connectivity index (χ3n) is 6.38. The molecule has 2 aromatic carbocycles. The fraction of sp³-hybridized carbons (Fsp3) is 0.346. The number of carbonyl (C=O) groups is 3. The van der Waals surface area contributed by atoms with Crippen LogP contribution in [0.4, 0.5) is 11.4 Å². The molecule has 0 atom stereocenters. The molecule has 0 unspecified atom stereocenters. The topological polar surface area (TPSA) is 78.5 Å². The van der Waals surface area contributed by atoms with Crippen LogP contribution in [0, 0.1) is 6.92 Å². The Kier molecular flexibility index (Phi) is 6.84. The van der Waals surface area contributed by atoms with Crippen molar-refractivity contribution in [3.63, 3.8) is 0 Å². The SMILES string of the molecule is CCc1ccc(NC(=O)c2ccc(C)c(NC3=C(Cl)C(=O)N(C4CCCCC4)C3=O)c2)cc1. The fourth-order valence-electron chi connectivity index (χ4n) is 4.36. The van der Waals surface area contributed by atoms with E-state index in [-0.39, 0.29) is 22.7 Å². The summed E-state index contributed by atoms with van der Waals surface area (Å²) in [5.41, 5.74) is 3.79. The maximum absolute atomic E-state index is 13.1. The van der Waals surface area contributed by atoms with Gasteiger partial charge in [0.15, 0.2) is 0 Å². The largest absolute Gasteiger partial charge is 0.349 e. The highest BCUT2D eigenvalue weighted by atomic mass is 35.5. The van der Waals surface area contributed by atoms with E-state index in [0.29, 0.717) is 16.9 Å². The highest BCUT2D eigenvalue weighted by Crippen LogP contribution is 2.33. The molecular weight excluding hydrogens is 438 g/mol. The van der Waals surface area contributed by atoms with Crippen LogP contribution in [-0.4, -0.2) is 28.7 Å². The van der Waals surface area contributed by atoms with E-state index in [1.165, 1.54) is 10.5 Å². The Balaban J connectivity index is 1.52. The van der Waals surface area contributed by atoms with E-state index in [0.717, 1.165) is 44.1 Å². The van der Waals surface area contributed by atoms with E-state index in [1.807, 2.05) is 31.2 Å². The minimum Gasteiger partial charge on any atom is -0.349 e. The van der Waals surface area contributed by atoms with Crippen molar-refractivity contribution in [3.05, 3.63) is 69.9 Å². The van der Waals surface area contributed by atoms with Gasteiger partial charge < -0.3 is 10.6 Å². The Morgan fingerprint density at radius 2 is 1.73 bits per heavy atom.